The average molecular weight is 283 g/mol. The van der Waals surface area contributed by atoms with E-state index in [0.717, 1.165) is 17.0 Å². The molecule has 0 bridgehead atoms. The van der Waals surface area contributed by atoms with Crippen molar-refractivity contribution in [1.82, 2.24) is 0 Å². The van der Waals surface area contributed by atoms with E-state index in [1.54, 1.807) is 24.1 Å². The van der Waals surface area contributed by atoms with Crippen molar-refractivity contribution in [3.8, 4) is 5.75 Å². The predicted molar refractivity (Wildman–Crippen MR) is 80.8 cm³/mol. The van der Waals surface area contributed by atoms with Gasteiger partial charge in [0.2, 0.25) is 0 Å². The van der Waals surface area contributed by atoms with Crippen LogP contribution < -0.4 is 9.64 Å². The Hall–Kier alpha value is -2.33. The number of amides is 1. The lowest BCUT2D eigenvalue weighted by Crippen LogP contribution is -2.39. The summed E-state index contributed by atoms with van der Waals surface area (Å²) in [6.45, 7) is -0.0600. The van der Waals surface area contributed by atoms with E-state index in [1.165, 1.54) is 0 Å². The lowest BCUT2D eigenvalue weighted by molar-refractivity contribution is 0.0968. The number of hydrogen-bond acceptors (Lipinski definition) is 3. The molecule has 0 aliphatic carbocycles. The Morgan fingerprint density at radius 3 is 2.71 bits per heavy atom. The molecular formula is C17H17NO3. The minimum Gasteiger partial charge on any atom is -0.497 e. The van der Waals surface area contributed by atoms with Crippen LogP contribution in [-0.4, -0.2) is 30.8 Å². The summed E-state index contributed by atoms with van der Waals surface area (Å²) in [6.07, 6.45) is 0.640. The van der Waals surface area contributed by atoms with Crippen LogP contribution in [0.25, 0.3) is 0 Å². The van der Waals surface area contributed by atoms with Gasteiger partial charge in [0.1, 0.15) is 5.75 Å². The van der Waals surface area contributed by atoms with Gasteiger partial charge < -0.3 is 14.7 Å². The quantitative estimate of drug-likeness (QED) is 0.940. The normalized spacial score (nSPS) is 16.7. The highest BCUT2D eigenvalue weighted by Gasteiger charge is 2.34. The van der Waals surface area contributed by atoms with E-state index in [4.69, 9.17) is 4.74 Å². The minimum atomic E-state index is -0.222. The third-order valence-electron chi connectivity index (χ3n) is 3.82. The largest absolute Gasteiger partial charge is 0.497 e. The van der Waals surface area contributed by atoms with Crippen molar-refractivity contribution in [2.24, 2.45) is 0 Å². The summed E-state index contributed by atoms with van der Waals surface area (Å²) in [6, 6.07) is 14.6. The number of benzene rings is 2. The highest BCUT2D eigenvalue weighted by Crippen LogP contribution is 2.35. The van der Waals surface area contributed by atoms with Crippen LogP contribution in [0.4, 0.5) is 5.69 Å². The number of fused-ring (bicyclic) bond motifs is 1. The maximum absolute atomic E-state index is 12.7. The predicted octanol–water partition coefficient (Wildman–Crippen LogP) is 2.26. The minimum absolute atomic E-state index is 0.0600. The maximum Gasteiger partial charge on any atom is 0.258 e. The van der Waals surface area contributed by atoms with Crippen LogP contribution in [0, 0.1) is 0 Å². The molecule has 1 atom stereocenters. The molecule has 0 saturated heterocycles. The van der Waals surface area contributed by atoms with Gasteiger partial charge in [0.25, 0.3) is 5.91 Å². The van der Waals surface area contributed by atoms with Gasteiger partial charge in [-0.1, -0.05) is 18.2 Å². The first-order chi connectivity index (χ1) is 10.2. The molecule has 1 unspecified atom stereocenters. The second-order valence-electron chi connectivity index (χ2n) is 5.08. The highest BCUT2D eigenvalue weighted by molar-refractivity contribution is 6.07. The van der Waals surface area contributed by atoms with Crippen molar-refractivity contribution < 1.29 is 14.6 Å². The fraction of sp³-hybridized carbons (Fsp3) is 0.235. The zero-order valence-electron chi connectivity index (χ0n) is 11.8. The summed E-state index contributed by atoms with van der Waals surface area (Å²) in [5.41, 5.74) is 2.50. The van der Waals surface area contributed by atoms with Crippen LogP contribution >= 0.6 is 0 Å². The molecule has 4 nitrogen and oxygen atoms in total. The molecule has 108 valence electrons. The monoisotopic (exact) mass is 283 g/mol. The molecule has 21 heavy (non-hydrogen) atoms. The number of hydrogen-bond donors (Lipinski definition) is 1. The number of anilines is 1. The highest BCUT2D eigenvalue weighted by atomic mass is 16.5. The fourth-order valence-corrected chi connectivity index (χ4v) is 2.77. The van der Waals surface area contributed by atoms with E-state index >= 15 is 0 Å². The van der Waals surface area contributed by atoms with Crippen molar-refractivity contribution in [3.05, 3.63) is 59.7 Å². The Kier molecular flexibility index (Phi) is 3.62. The molecule has 0 spiro atoms. The van der Waals surface area contributed by atoms with E-state index < -0.39 is 0 Å². The number of methoxy groups -OCH3 is 1. The molecule has 1 heterocycles. The zero-order chi connectivity index (χ0) is 14.8. The van der Waals surface area contributed by atoms with Gasteiger partial charge in [-0.15, -0.1) is 0 Å². The Bertz CT molecular complexity index is 654. The third-order valence-corrected chi connectivity index (χ3v) is 3.82. The van der Waals surface area contributed by atoms with Gasteiger partial charge in [-0.2, -0.15) is 0 Å². The molecule has 3 rings (SSSR count). The van der Waals surface area contributed by atoms with E-state index in [-0.39, 0.29) is 18.6 Å². The van der Waals surface area contributed by atoms with Crippen LogP contribution in [0.3, 0.4) is 0 Å². The Morgan fingerprint density at radius 2 is 2.05 bits per heavy atom. The summed E-state index contributed by atoms with van der Waals surface area (Å²) in [5.74, 6) is 0.679. The lowest BCUT2D eigenvalue weighted by Gasteiger charge is -2.24. The Morgan fingerprint density at radius 1 is 1.29 bits per heavy atom. The Labute approximate surface area is 123 Å². The molecule has 2 aromatic carbocycles. The molecule has 0 fully saturated rings. The fourth-order valence-electron chi connectivity index (χ4n) is 2.77. The number of aliphatic hydroxyl groups is 1. The first-order valence-corrected chi connectivity index (χ1v) is 6.91. The van der Waals surface area contributed by atoms with Crippen molar-refractivity contribution in [2.75, 3.05) is 18.6 Å². The standard InChI is InChI=1S/C17H17NO3/c1-21-15-7-8-16-13(10-15)9-14(11-19)18(16)17(20)12-5-3-2-4-6-12/h2-8,10,14,19H,9,11H2,1H3. The summed E-state index contributed by atoms with van der Waals surface area (Å²) >= 11 is 0. The second-order valence-corrected chi connectivity index (χ2v) is 5.08. The topological polar surface area (TPSA) is 49.8 Å². The number of ether oxygens (including phenoxy) is 1. The molecule has 0 radical (unpaired) electrons. The van der Waals surface area contributed by atoms with Crippen molar-refractivity contribution >= 4 is 11.6 Å². The summed E-state index contributed by atoms with van der Waals surface area (Å²) < 4.78 is 5.22. The van der Waals surface area contributed by atoms with E-state index in [9.17, 15) is 9.90 Å². The van der Waals surface area contributed by atoms with Gasteiger partial charge in [0, 0.05) is 11.3 Å². The van der Waals surface area contributed by atoms with Crippen LogP contribution in [0.15, 0.2) is 48.5 Å². The van der Waals surface area contributed by atoms with E-state index in [1.807, 2.05) is 36.4 Å². The molecule has 1 N–H and O–H groups in total. The van der Waals surface area contributed by atoms with Crippen molar-refractivity contribution in [2.45, 2.75) is 12.5 Å². The van der Waals surface area contributed by atoms with Crippen LogP contribution in [-0.2, 0) is 6.42 Å². The summed E-state index contributed by atoms with van der Waals surface area (Å²) in [5, 5.41) is 9.61. The molecule has 2 aromatic rings. The molecule has 4 heteroatoms. The molecule has 0 saturated carbocycles. The van der Waals surface area contributed by atoms with Gasteiger partial charge in [0.15, 0.2) is 0 Å². The number of carbonyl (C=O) groups excluding carboxylic acids is 1. The van der Waals surface area contributed by atoms with Crippen LogP contribution in [0.5, 0.6) is 5.75 Å². The average Bonchev–Trinajstić information content (AvgIpc) is 2.92. The molecular weight excluding hydrogens is 266 g/mol. The van der Waals surface area contributed by atoms with Gasteiger partial charge in [-0.25, -0.2) is 0 Å². The summed E-state index contributed by atoms with van der Waals surface area (Å²) in [4.78, 5) is 14.4. The van der Waals surface area contributed by atoms with E-state index in [2.05, 4.69) is 0 Å². The maximum atomic E-state index is 12.7. The molecule has 1 amide bonds. The van der Waals surface area contributed by atoms with Gasteiger partial charge in [-0.05, 0) is 42.3 Å². The van der Waals surface area contributed by atoms with E-state index in [0.29, 0.717) is 12.0 Å². The SMILES string of the molecule is COc1ccc2c(c1)CC(CO)N2C(=O)c1ccccc1. The van der Waals surface area contributed by atoms with Gasteiger partial charge in [-0.3, -0.25) is 4.79 Å². The first kappa shape index (κ1) is 13.6. The second kappa shape index (κ2) is 5.58. The van der Waals surface area contributed by atoms with Crippen LogP contribution in [0.1, 0.15) is 15.9 Å². The zero-order valence-corrected chi connectivity index (χ0v) is 11.8. The van der Waals surface area contributed by atoms with Crippen LogP contribution in [0.2, 0.25) is 0 Å². The Balaban J connectivity index is 2.00. The number of rotatable bonds is 3. The third kappa shape index (κ3) is 2.38. The summed E-state index contributed by atoms with van der Waals surface area (Å²) in [7, 11) is 1.62. The first-order valence-electron chi connectivity index (χ1n) is 6.91. The van der Waals surface area contributed by atoms with Crippen molar-refractivity contribution in [1.29, 1.82) is 0 Å². The van der Waals surface area contributed by atoms with Gasteiger partial charge >= 0.3 is 0 Å². The van der Waals surface area contributed by atoms with Crippen molar-refractivity contribution in [3.63, 3.8) is 0 Å². The number of nitrogens with zero attached hydrogens (tertiary/aromatic N) is 1. The number of carbonyl (C=O) groups is 1. The molecule has 1 aliphatic rings. The molecule has 0 aromatic heterocycles. The number of aliphatic hydroxyl groups excluding tert-OH is 1. The molecule has 1 aliphatic heterocycles. The lowest BCUT2D eigenvalue weighted by atomic mass is 10.1. The smallest absolute Gasteiger partial charge is 0.258 e. The van der Waals surface area contributed by atoms with Gasteiger partial charge in [0.05, 0.1) is 19.8 Å².